The number of hydrogen-bond donors (Lipinski definition) is 0. The van der Waals surface area contributed by atoms with Gasteiger partial charge >= 0.3 is 0 Å². The van der Waals surface area contributed by atoms with Crippen molar-refractivity contribution < 1.29 is 26.3 Å². The van der Waals surface area contributed by atoms with Crippen LogP contribution in [0.5, 0.6) is 0 Å². The van der Waals surface area contributed by atoms with Gasteiger partial charge in [-0.25, -0.2) is 15.0 Å². The zero-order valence-corrected chi connectivity index (χ0v) is 32.9. The first kappa shape index (κ1) is 23.1. The molecule has 0 unspecified atom stereocenters. The number of hydrogen-bond acceptors (Lipinski definition) is 5. The molecule has 0 amide bonds. The number of furan rings is 1. The second kappa shape index (κ2) is 14.9. The molecule has 0 aliphatic carbocycles. The molecule has 0 radical (unpaired) electrons. The molecule has 0 aliphatic rings. The van der Waals surface area contributed by atoms with Crippen LogP contribution in [0.2, 0.25) is 0 Å². The van der Waals surface area contributed by atoms with Crippen molar-refractivity contribution in [2.45, 2.75) is 0 Å². The van der Waals surface area contributed by atoms with E-state index in [2.05, 4.69) is 0 Å². The molecular formula is C57H35N3OS. The summed E-state index contributed by atoms with van der Waals surface area (Å²) in [5.41, 5.74) is 3.81. The summed E-state index contributed by atoms with van der Waals surface area (Å²) in [6, 6.07) is 26.7. The van der Waals surface area contributed by atoms with E-state index in [1.807, 2.05) is 54.6 Å². The Morgan fingerprint density at radius 3 is 1.76 bits per heavy atom. The number of benzene rings is 9. The van der Waals surface area contributed by atoms with E-state index in [1.54, 1.807) is 54.6 Å². The molecule has 0 spiro atoms. The van der Waals surface area contributed by atoms with Crippen LogP contribution < -0.4 is 0 Å². The Morgan fingerprint density at radius 1 is 0.371 bits per heavy atom. The van der Waals surface area contributed by atoms with E-state index >= 15 is 0 Å². The third kappa shape index (κ3) is 6.26. The topological polar surface area (TPSA) is 51.8 Å². The van der Waals surface area contributed by atoms with E-state index in [0.29, 0.717) is 21.9 Å². The lowest BCUT2D eigenvalue weighted by molar-refractivity contribution is 0.670. The van der Waals surface area contributed by atoms with Crippen molar-refractivity contribution in [3.8, 4) is 78.7 Å². The van der Waals surface area contributed by atoms with Crippen LogP contribution in [0.1, 0.15) is 21.9 Å². The molecule has 4 nitrogen and oxygen atoms in total. The Balaban J connectivity index is 1.09. The van der Waals surface area contributed by atoms with Gasteiger partial charge < -0.3 is 4.42 Å². The van der Waals surface area contributed by atoms with E-state index in [4.69, 9.17) is 35.8 Å². The van der Waals surface area contributed by atoms with Gasteiger partial charge in [0.25, 0.3) is 0 Å². The van der Waals surface area contributed by atoms with Crippen LogP contribution in [-0.2, 0) is 0 Å². The zero-order valence-electron chi connectivity index (χ0n) is 48.1. The molecule has 12 rings (SSSR count). The van der Waals surface area contributed by atoms with Gasteiger partial charge in [0.15, 0.2) is 17.5 Å². The average molecular weight is 826 g/mol. The van der Waals surface area contributed by atoms with Crippen LogP contribution in [0.4, 0.5) is 0 Å². The molecule has 0 saturated heterocycles. The number of aromatic nitrogens is 3. The molecule has 3 aromatic heterocycles. The Morgan fingerprint density at radius 2 is 0.984 bits per heavy atom. The Kier molecular flexibility index (Phi) is 5.57. The summed E-state index contributed by atoms with van der Waals surface area (Å²) in [6.45, 7) is 0. The largest absolute Gasteiger partial charge is 0.455 e. The van der Waals surface area contributed by atoms with Crippen LogP contribution in [0.15, 0.2) is 216 Å². The van der Waals surface area contributed by atoms with Crippen molar-refractivity contribution in [3.63, 3.8) is 0 Å². The minimum atomic E-state index is -0.563. The number of thiophene rings is 1. The maximum Gasteiger partial charge on any atom is 0.167 e. The minimum Gasteiger partial charge on any atom is -0.455 e. The van der Waals surface area contributed by atoms with Gasteiger partial charge in [0.2, 0.25) is 0 Å². The zero-order chi connectivity index (χ0) is 54.9. The van der Waals surface area contributed by atoms with Gasteiger partial charge in [-0.15, -0.1) is 11.3 Å². The predicted molar refractivity (Wildman–Crippen MR) is 258 cm³/mol. The molecule has 3 heterocycles. The Bertz CT molecular complexity index is 4530. The van der Waals surface area contributed by atoms with Gasteiger partial charge in [0.05, 0.1) is 27.5 Å². The molecule has 9 aromatic carbocycles. The molecule has 0 N–H and O–H groups in total. The quantitative estimate of drug-likeness (QED) is 0.161. The van der Waals surface area contributed by atoms with Crippen LogP contribution in [0, 0.1) is 0 Å². The van der Waals surface area contributed by atoms with Crippen molar-refractivity contribution in [3.05, 3.63) is 212 Å². The van der Waals surface area contributed by atoms with E-state index < -0.39 is 84.6 Å². The fourth-order valence-electron chi connectivity index (χ4n) is 7.76. The highest BCUT2D eigenvalue weighted by Crippen LogP contribution is 2.43. The smallest absolute Gasteiger partial charge is 0.167 e. The van der Waals surface area contributed by atoms with Gasteiger partial charge in [0, 0.05) is 47.6 Å². The summed E-state index contributed by atoms with van der Waals surface area (Å²) < 4.78 is 148. The van der Waals surface area contributed by atoms with Gasteiger partial charge in [-0.3, -0.25) is 0 Å². The maximum absolute atomic E-state index is 9.88. The number of para-hydroxylation sites is 2. The monoisotopic (exact) mass is 825 g/mol. The average Bonchev–Trinajstić information content (AvgIpc) is 4.27. The van der Waals surface area contributed by atoms with E-state index in [-0.39, 0.29) is 99.8 Å². The number of rotatable bonds is 7. The van der Waals surface area contributed by atoms with Gasteiger partial charge in [-0.1, -0.05) is 188 Å². The molecule has 0 atom stereocenters. The molecule has 0 fully saturated rings. The van der Waals surface area contributed by atoms with Crippen LogP contribution in [0.3, 0.4) is 0 Å². The SMILES string of the molecule is [2H]c1c([2H])c([2H])c(-c2cccc(-c3c([2H])c([2H])c([2H])c4sc5c([2H])c(-c6nc(-c7ccc(-c8ccccc8)cc7)nc(-c7cccc8c7oc7c(-c9c([2H])c([2H])c([2H])c([2H])c9[2H])cccc78)n6)c([2H])c([2H])c5c34)c2)c([2H])c1[2H]. The first-order valence-corrected chi connectivity index (χ1v) is 20.3. The van der Waals surface area contributed by atoms with E-state index in [1.165, 1.54) is 6.07 Å². The molecule has 0 aliphatic heterocycles. The lowest BCUT2D eigenvalue weighted by atomic mass is 9.96. The highest BCUT2D eigenvalue weighted by molar-refractivity contribution is 7.26. The standard InChI is InChI=1S/C57H35N3OS/c1-4-14-36(15-5-1)38-28-30-40(31-29-38)55-58-56(60-57(59-55)49-26-12-25-47-46-24-11-23-45(53(46)61-54(47)49)39-18-8-3-9-19-39)43-32-33-48-51(35-43)62-50-27-13-22-44(52(48)50)42-21-10-20-41(34-42)37-16-6-2-7-17-37/h1-35H/i2D,3D,6D,7D,8D,9D,13D,16D,17D,18D,19D,22D,27D,32D,33D,35D. The fourth-order valence-corrected chi connectivity index (χ4v) is 8.78. The van der Waals surface area contributed by atoms with Crippen LogP contribution in [0.25, 0.3) is 121 Å². The molecule has 62 heavy (non-hydrogen) atoms. The summed E-state index contributed by atoms with van der Waals surface area (Å²) in [5.74, 6) is 0.0278. The fraction of sp³-hybridized carbons (Fsp3) is 0. The molecule has 0 bridgehead atoms. The molecular weight excluding hydrogens is 775 g/mol. The summed E-state index contributed by atoms with van der Waals surface area (Å²) in [6.07, 6.45) is 0. The summed E-state index contributed by atoms with van der Waals surface area (Å²) >= 11 is 0.939. The first-order chi connectivity index (χ1) is 37.4. The predicted octanol–water partition coefficient (Wildman–Crippen LogP) is 15.8. The van der Waals surface area contributed by atoms with Crippen molar-refractivity contribution in [2.75, 3.05) is 0 Å². The highest BCUT2D eigenvalue weighted by Gasteiger charge is 2.20. The second-order valence-electron chi connectivity index (χ2n) is 14.3. The maximum atomic E-state index is 9.88. The minimum absolute atomic E-state index is 0.0466. The van der Waals surface area contributed by atoms with Gasteiger partial charge in [-0.05, 0) is 63.2 Å². The molecule has 0 saturated carbocycles. The third-order valence-electron chi connectivity index (χ3n) is 10.7. The van der Waals surface area contributed by atoms with Crippen LogP contribution in [-0.4, -0.2) is 15.0 Å². The van der Waals surface area contributed by atoms with E-state index in [9.17, 15) is 5.48 Å². The summed E-state index contributed by atoms with van der Waals surface area (Å²) in [7, 11) is 0. The van der Waals surface area contributed by atoms with Crippen molar-refractivity contribution >= 4 is 53.4 Å². The first-order valence-electron chi connectivity index (χ1n) is 27.4. The number of nitrogens with zero attached hydrogens (tertiary/aromatic N) is 3. The summed E-state index contributed by atoms with van der Waals surface area (Å²) in [4.78, 5) is 14.8. The second-order valence-corrected chi connectivity index (χ2v) is 15.3. The van der Waals surface area contributed by atoms with Crippen molar-refractivity contribution in [1.82, 2.24) is 15.0 Å². The highest BCUT2D eigenvalue weighted by atomic mass is 32.1. The molecule has 5 heteroatoms. The lowest BCUT2D eigenvalue weighted by Gasteiger charge is -2.10. The van der Waals surface area contributed by atoms with Gasteiger partial charge in [-0.2, -0.15) is 0 Å². The Hall–Kier alpha value is -7.99. The summed E-state index contributed by atoms with van der Waals surface area (Å²) in [5, 5.41) is 1.37. The van der Waals surface area contributed by atoms with Gasteiger partial charge in [0.1, 0.15) is 11.2 Å². The van der Waals surface area contributed by atoms with Crippen LogP contribution >= 0.6 is 11.3 Å². The van der Waals surface area contributed by atoms with Crippen molar-refractivity contribution in [2.24, 2.45) is 0 Å². The molecule has 12 aromatic rings. The normalized spacial score (nSPS) is 15.2. The molecule has 290 valence electrons. The third-order valence-corrected chi connectivity index (χ3v) is 11.7. The lowest BCUT2D eigenvalue weighted by Crippen LogP contribution is -2.00. The number of fused-ring (bicyclic) bond motifs is 6. The Labute approximate surface area is 384 Å². The van der Waals surface area contributed by atoms with E-state index in [0.717, 1.165) is 22.5 Å². The van der Waals surface area contributed by atoms with Crippen molar-refractivity contribution in [1.29, 1.82) is 0 Å².